The summed E-state index contributed by atoms with van der Waals surface area (Å²) in [7, 11) is 0. The highest BCUT2D eigenvalue weighted by Gasteiger charge is 1.96. The Bertz CT molecular complexity index is 131. The van der Waals surface area contributed by atoms with E-state index in [1.807, 2.05) is 6.08 Å². The van der Waals surface area contributed by atoms with Gasteiger partial charge in [-0.25, -0.2) is 0 Å². The van der Waals surface area contributed by atoms with E-state index in [4.69, 9.17) is 0 Å². The first-order valence-electron chi connectivity index (χ1n) is 2.56. The highest BCUT2D eigenvalue weighted by molar-refractivity contribution is 5.86. The summed E-state index contributed by atoms with van der Waals surface area (Å²) in [6.07, 6.45) is 5.81. The molecule has 1 aliphatic heterocycles. The van der Waals surface area contributed by atoms with Crippen LogP contribution in [0.3, 0.4) is 0 Å². The maximum absolute atomic E-state index is 10.5. The molecule has 0 unspecified atom stereocenters. The fourth-order valence-electron chi connectivity index (χ4n) is 0.540. The normalized spacial score (nSPS) is 18.8. The third kappa shape index (κ3) is 1.30. The van der Waals surface area contributed by atoms with Gasteiger partial charge in [-0.05, 0) is 6.08 Å². The molecule has 2 heteroatoms. The van der Waals surface area contributed by atoms with Gasteiger partial charge >= 0.3 is 0 Å². The predicted molar refractivity (Wildman–Crippen MR) is 32.1 cm³/mol. The number of hydrogen-bond donors (Lipinski definition) is 0. The second kappa shape index (κ2) is 2.40. The quantitative estimate of drug-likeness (QED) is 0.447. The summed E-state index contributed by atoms with van der Waals surface area (Å²) >= 11 is 0. The van der Waals surface area contributed by atoms with Crippen LogP contribution in [0.25, 0.3) is 0 Å². The van der Waals surface area contributed by atoms with Crippen LogP contribution in [0.15, 0.2) is 17.1 Å². The molecule has 0 aliphatic carbocycles. The van der Waals surface area contributed by atoms with E-state index in [9.17, 15) is 4.79 Å². The van der Waals surface area contributed by atoms with E-state index < -0.39 is 0 Å². The summed E-state index contributed by atoms with van der Waals surface area (Å²) in [5, 5.41) is 0. The number of Topliss-reactive ketones (excluding diaryl/α,β-unsaturated/α-hetero) is 1. The lowest BCUT2D eigenvalue weighted by atomic mass is 10.3. The smallest absolute Gasteiger partial charge is 0.157 e. The van der Waals surface area contributed by atoms with E-state index in [0.717, 1.165) is 0 Å². The van der Waals surface area contributed by atoms with Crippen molar-refractivity contribution in [3.05, 3.63) is 12.2 Å². The summed E-state index contributed by atoms with van der Waals surface area (Å²) in [5.74, 6) is 0.190. The molecule has 0 fully saturated rings. The number of hydrogen-bond acceptors (Lipinski definition) is 2. The lowest BCUT2D eigenvalue weighted by molar-refractivity contribution is -0.116. The van der Waals surface area contributed by atoms with Gasteiger partial charge in [0.25, 0.3) is 0 Å². The van der Waals surface area contributed by atoms with Crippen molar-refractivity contribution < 1.29 is 4.79 Å². The van der Waals surface area contributed by atoms with Crippen molar-refractivity contribution in [2.24, 2.45) is 4.99 Å². The minimum Gasteiger partial charge on any atom is -0.297 e. The van der Waals surface area contributed by atoms with Gasteiger partial charge in [-0.1, -0.05) is 6.08 Å². The number of allylic oxidation sites excluding steroid dienone is 2. The van der Waals surface area contributed by atoms with Crippen LogP contribution in [0.2, 0.25) is 0 Å². The molecule has 0 atom stereocenters. The second-order valence-corrected chi connectivity index (χ2v) is 1.66. The number of carbonyl (C=O) groups excluding carboxylic acids is 1. The maximum Gasteiger partial charge on any atom is 0.157 e. The van der Waals surface area contributed by atoms with E-state index in [2.05, 4.69) is 4.99 Å². The molecule has 0 bridgehead atoms. The van der Waals surface area contributed by atoms with Crippen LogP contribution in [0.1, 0.15) is 6.42 Å². The van der Waals surface area contributed by atoms with Crippen LogP contribution in [-0.4, -0.2) is 18.5 Å². The van der Waals surface area contributed by atoms with E-state index in [1.54, 1.807) is 12.3 Å². The molecule has 0 saturated carbocycles. The SMILES string of the molecule is O=C1CC=CC=NC1. The van der Waals surface area contributed by atoms with Gasteiger partial charge in [-0.2, -0.15) is 0 Å². The van der Waals surface area contributed by atoms with Crippen LogP contribution < -0.4 is 0 Å². The third-order valence-electron chi connectivity index (χ3n) is 0.941. The lowest BCUT2D eigenvalue weighted by Crippen LogP contribution is -1.97. The molecule has 8 heavy (non-hydrogen) atoms. The highest BCUT2D eigenvalue weighted by atomic mass is 16.1. The van der Waals surface area contributed by atoms with Crippen molar-refractivity contribution in [3.63, 3.8) is 0 Å². The summed E-state index contributed by atoms with van der Waals surface area (Å²) in [6, 6.07) is 0. The Morgan fingerprint density at radius 3 is 3.38 bits per heavy atom. The van der Waals surface area contributed by atoms with E-state index >= 15 is 0 Å². The molecule has 0 aromatic heterocycles. The van der Waals surface area contributed by atoms with Gasteiger partial charge in [0.05, 0.1) is 6.54 Å². The van der Waals surface area contributed by atoms with Gasteiger partial charge < -0.3 is 0 Å². The van der Waals surface area contributed by atoms with Gasteiger partial charge in [0, 0.05) is 12.6 Å². The monoisotopic (exact) mass is 109 g/mol. The molecule has 0 N–H and O–H groups in total. The predicted octanol–water partition coefficient (Wildman–Crippen LogP) is 0.586. The number of rotatable bonds is 0. The van der Waals surface area contributed by atoms with Crippen molar-refractivity contribution >= 4 is 12.0 Å². The van der Waals surface area contributed by atoms with Gasteiger partial charge in [0.2, 0.25) is 0 Å². The number of ketones is 1. The fourth-order valence-corrected chi connectivity index (χ4v) is 0.540. The average Bonchev–Trinajstić information content (AvgIpc) is 1.94. The summed E-state index contributed by atoms with van der Waals surface area (Å²) in [5.41, 5.74) is 0. The first-order chi connectivity index (χ1) is 3.89. The molecule has 1 heterocycles. The van der Waals surface area contributed by atoms with E-state index in [-0.39, 0.29) is 5.78 Å². The largest absolute Gasteiger partial charge is 0.297 e. The first kappa shape index (κ1) is 5.22. The minimum atomic E-state index is 0.190. The van der Waals surface area contributed by atoms with Crippen molar-refractivity contribution in [1.82, 2.24) is 0 Å². The first-order valence-corrected chi connectivity index (χ1v) is 2.56. The Kier molecular flexibility index (Phi) is 1.57. The minimum absolute atomic E-state index is 0.190. The van der Waals surface area contributed by atoms with Crippen LogP contribution in [0, 0.1) is 0 Å². The number of nitrogens with zero attached hydrogens (tertiary/aromatic N) is 1. The Hall–Kier alpha value is -0.920. The number of carbonyl (C=O) groups is 1. The van der Waals surface area contributed by atoms with E-state index in [0.29, 0.717) is 13.0 Å². The molecule has 1 aliphatic rings. The Morgan fingerprint density at radius 2 is 2.50 bits per heavy atom. The van der Waals surface area contributed by atoms with Gasteiger partial charge in [0.15, 0.2) is 5.78 Å². The maximum atomic E-state index is 10.5. The standard InChI is InChI=1S/C6H7NO/c8-6-3-1-2-4-7-5-6/h1-2,4H,3,5H2. The summed E-state index contributed by atoms with van der Waals surface area (Å²) in [6.45, 7) is 0.354. The van der Waals surface area contributed by atoms with Gasteiger partial charge in [-0.15, -0.1) is 0 Å². The molecule has 42 valence electrons. The average molecular weight is 109 g/mol. The van der Waals surface area contributed by atoms with E-state index in [1.165, 1.54) is 0 Å². The molecule has 0 aromatic rings. The van der Waals surface area contributed by atoms with Crippen molar-refractivity contribution in [3.8, 4) is 0 Å². The van der Waals surface area contributed by atoms with Crippen molar-refractivity contribution in [2.75, 3.05) is 6.54 Å². The highest BCUT2D eigenvalue weighted by Crippen LogP contribution is 1.89. The van der Waals surface area contributed by atoms with Crippen molar-refractivity contribution in [2.45, 2.75) is 6.42 Å². The van der Waals surface area contributed by atoms with Crippen LogP contribution >= 0.6 is 0 Å². The van der Waals surface area contributed by atoms with Crippen LogP contribution in [0.5, 0.6) is 0 Å². The Labute approximate surface area is 47.9 Å². The zero-order valence-corrected chi connectivity index (χ0v) is 4.50. The molecular weight excluding hydrogens is 102 g/mol. The molecule has 2 nitrogen and oxygen atoms in total. The fraction of sp³-hybridized carbons (Fsp3) is 0.333. The van der Waals surface area contributed by atoms with Crippen LogP contribution in [-0.2, 0) is 4.79 Å². The molecule has 0 spiro atoms. The Morgan fingerprint density at radius 1 is 1.62 bits per heavy atom. The number of aliphatic imine (C=N–C) groups is 1. The lowest BCUT2D eigenvalue weighted by Gasteiger charge is -1.83. The molecule has 0 aromatic carbocycles. The molecule has 0 radical (unpaired) electrons. The summed E-state index contributed by atoms with van der Waals surface area (Å²) in [4.78, 5) is 14.3. The molecule has 0 saturated heterocycles. The van der Waals surface area contributed by atoms with Gasteiger partial charge in [0.1, 0.15) is 0 Å². The summed E-state index contributed by atoms with van der Waals surface area (Å²) < 4.78 is 0. The molecular formula is C6H7NO. The third-order valence-corrected chi connectivity index (χ3v) is 0.941. The second-order valence-electron chi connectivity index (χ2n) is 1.66. The van der Waals surface area contributed by atoms with Crippen LogP contribution in [0.4, 0.5) is 0 Å². The molecule has 0 amide bonds. The topological polar surface area (TPSA) is 29.4 Å². The zero-order chi connectivity index (χ0) is 5.82. The molecule has 1 rings (SSSR count). The van der Waals surface area contributed by atoms with Crippen molar-refractivity contribution in [1.29, 1.82) is 0 Å². The Balaban J connectivity index is 2.58. The zero-order valence-electron chi connectivity index (χ0n) is 4.50. The van der Waals surface area contributed by atoms with Gasteiger partial charge in [-0.3, -0.25) is 9.79 Å².